The van der Waals surface area contributed by atoms with Crippen LogP contribution in [-0.2, 0) is 11.2 Å². The van der Waals surface area contributed by atoms with E-state index < -0.39 is 0 Å². The third kappa shape index (κ3) is 6.40. The predicted octanol–water partition coefficient (Wildman–Crippen LogP) is 4.38. The summed E-state index contributed by atoms with van der Waals surface area (Å²) < 4.78 is 0. The van der Waals surface area contributed by atoms with Gasteiger partial charge in [-0.15, -0.1) is 11.3 Å². The van der Waals surface area contributed by atoms with E-state index in [1.54, 1.807) is 11.3 Å². The van der Waals surface area contributed by atoms with Crippen LogP contribution in [-0.4, -0.2) is 55.1 Å². The fourth-order valence-electron chi connectivity index (χ4n) is 4.07. The second kappa shape index (κ2) is 11.2. The van der Waals surface area contributed by atoms with Gasteiger partial charge >= 0.3 is 0 Å². The van der Waals surface area contributed by atoms with Gasteiger partial charge in [0.15, 0.2) is 0 Å². The summed E-state index contributed by atoms with van der Waals surface area (Å²) in [6.45, 7) is 8.36. The van der Waals surface area contributed by atoms with Gasteiger partial charge < -0.3 is 10.2 Å². The fourth-order valence-corrected chi connectivity index (χ4v) is 4.90. The minimum atomic E-state index is 0.0571. The van der Waals surface area contributed by atoms with Gasteiger partial charge in [0.2, 0.25) is 5.91 Å². The van der Waals surface area contributed by atoms with Crippen molar-refractivity contribution < 1.29 is 4.79 Å². The number of aryl methyl sites for hydroxylation is 1. The summed E-state index contributed by atoms with van der Waals surface area (Å²) in [5, 5.41) is 6.00. The van der Waals surface area contributed by atoms with Crippen LogP contribution in [0.2, 0.25) is 0 Å². The maximum Gasteiger partial charge on any atom is 0.226 e. The molecule has 0 bridgehead atoms. The van der Waals surface area contributed by atoms with Crippen LogP contribution in [0.1, 0.15) is 24.1 Å². The number of aromatic nitrogens is 1. The number of nitrogens with zero attached hydrogens (tertiary/aromatic N) is 3. The zero-order valence-corrected chi connectivity index (χ0v) is 19.6. The summed E-state index contributed by atoms with van der Waals surface area (Å²) in [5.41, 5.74) is 4.60. The first kappa shape index (κ1) is 22.5. The number of piperazine rings is 1. The lowest BCUT2D eigenvalue weighted by Crippen LogP contribution is -2.46. The number of hydrogen-bond donors (Lipinski definition) is 1. The van der Waals surface area contributed by atoms with Crippen molar-refractivity contribution in [1.29, 1.82) is 0 Å². The summed E-state index contributed by atoms with van der Waals surface area (Å²) in [7, 11) is 0. The van der Waals surface area contributed by atoms with Gasteiger partial charge in [0.05, 0.1) is 12.1 Å². The van der Waals surface area contributed by atoms with Crippen molar-refractivity contribution in [3.05, 3.63) is 71.2 Å². The van der Waals surface area contributed by atoms with E-state index >= 15 is 0 Å². The van der Waals surface area contributed by atoms with Crippen molar-refractivity contribution in [1.82, 2.24) is 15.2 Å². The van der Waals surface area contributed by atoms with Crippen molar-refractivity contribution in [2.24, 2.45) is 0 Å². The Balaban J connectivity index is 1.10. The number of amides is 1. The molecule has 0 unspecified atom stereocenters. The van der Waals surface area contributed by atoms with E-state index in [-0.39, 0.29) is 5.91 Å². The maximum absolute atomic E-state index is 12.3. The van der Waals surface area contributed by atoms with Crippen LogP contribution in [0, 0.1) is 6.92 Å². The molecule has 168 valence electrons. The maximum atomic E-state index is 12.3. The van der Waals surface area contributed by atoms with Gasteiger partial charge in [0.1, 0.15) is 5.01 Å². The first-order valence-corrected chi connectivity index (χ1v) is 12.4. The molecule has 0 radical (unpaired) electrons. The molecule has 1 aliphatic rings. The molecule has 1 fully saturated rings. The molecule has 1 saturated heterocycles. The van der Waals surface area contributed by atoms with Crippen molar-refractivity contribution in [3.8, 4) is 10.6 Å². The molecule has 0 aliphatic carbocycles. The third-order valence-electron chi connectivity index (χ3n) is 5.88. The number of thiazole rings is 1. The van der Waals surface area contributed by atoms with E-state index in [4.69, 9.17) is 0 Å². The highest BCUT2D eigenvalue weighted by atomic mass is 32.1. The molecule has 0 spiro atoms. The number of rotatable bonds is 9. The lowest BCUT2D eigenvalue weighted by Gasteiger charge is -2.36. The van der Waals surface area contributed by atoms with Gasteiger partial charge in [-0.1, -0.05) is 42.5 Å². The zero-order valence-electron chi connectivity index (χ0n) is 18.8. The molecule has 0 saturated carbocycles. The van der Waals surface area contributed by atoms with Crippen molar-refractivity contribution >= 4 is 22.9 Å². The summed E-state index contributed by atoms with van der Waals surface area (Å²) in [6.07, 6.45) is 2.47. The fraction of sp³-hybridized carbons (Fsp3) is 0.385. The molecule has 1 aliphatic heterocycles. The van der Waals surface area contributed by atoms with E-state index in [1.165, 1.54) is 11.3 Å². The number of carbonyl (C=O) groups excluding carboxylic acids is 1. The van der Waals surface area contributed by atoms with Crippen molar-refractivity contribution in [2.75, 3.05) is 44.2 Å². The first-order chi connectivity index (χ1) is 15.7. The standard InChI is InChI=1S/C26H32N4OS/c1-21-8-7-11-24(18-21)30-16-14-29(15-17-30)13-6-5-12-27-25(31)19-23-20-32-26(28-23)22-9-3-2-4-10-22/h2-4,7-11,18,20H,5-6,12-17,19H2,1H3,(H,27,31). The van der Waals surface area contributed by atoms with Crippen LogP contribution in [0.25, 0.3) is 10.6 Å². The van der Waals surface area contributed by atoms with Crippen LogP contribution < -0.4 is 10.2 Å². The Bertz CT molecular complexity index is 996. The van der Waals surface area contributed by atoms with Gasteiger partial charge in [-0.05, 0) is 44.0 Å². The van der Waals surface area contributed by atoms with Gasteiger partial charge in [0, 0.05) is 49.4 Å². The number of hydrogen-bond acceptors (Lipinski definition) is 5. The van der Waals surface area contributed by atoms with Gasteiger partial charge in [-0.25, -0.2) is 4.98 Å². The predicted molar refractivity (Wildman–Crippen MR) is 133 cm³/mol. The van der Waals surface area contributed by atoms with Gasteiger partial charge in [-0.2, -0.15) is 0 Å². The Hall–Kier alpha value is -2.70. The minimum absolute atomic E-state index is 0.0571. The monoisotopic (exact) mass is 448 g/mol. The molecule has 3 aromatic rings. The van der Waals surface area contributed by atoms with Crippen LogP contribution >= 0.6 is 11.3 Å². The SMILES string of the molecule is Cc1cccc(N2CCN(CCCCNC(=O)Cc3csc(-c4ccccc4)n3)CC2)c1. The lowest BCUT2D eigenvalue weighted by atomic mass is 10.2. The summed E-state index contributed by atoms with van der Waals surface area (Å²) in [5.74, 6) is 0.0571. The van der Waals surface area contributed by atoms with E-state index in [1.807, 2.05) is 35.7 Å². The molecule has 1 amide bonds. The molecule has 5 nitrogen and oxygen atoms in total. The highest BCUT2D eigenvalue weighted by Crippen LogP contribution is 2.23. The van der Waals surface area contributed by atoms with Crippen molar-refractivity contribution in [3.63, 3.8) is 0 Å². The molecule has 32 heavy (non-hydrogen) atoms. The Morgan fingerprint density at radius 1 is 1.03 bits per heavy atom. The molecular weight excluding hydrogens is 416 g/mol. The number of nitrogens with one attached hydrogen (secondary N) is 1. The highest BCUT2D eigenvalue weighted by Gasteiger charge is 2.16. The van der Waals surface area contributed by atoms with E-state index in [9.17, 15) is 4.79 Å². The third-order valence-corrected chi connectivity index (χ3v) is 6.82. The normalized spacial score (nSPS) is 14.5. The molecule has 6 heteroatoms. The topological polar surface area (TPSA) is 48.5 Å². The van der Waals surface area contributed by atoms with Crippen LogP contribution in [0.5, 0.6) is 0 Å². The molecule has 4 rings (SSSR count). The molecule has 1 N–H and O–H groups in total. The highest BCUT2D eigenvalue weighted by molar-refractivity contribution is 7.13. The van der Waals surface area contributed by atoms with Gasteiger partial charge in [0.25, 0.3) is 0 Å². The first-order valence-electron chi connectivity index (χ1n) is 11.5. The smallest absolute Gasteiger partial charge is 0.226 e. The number of benzene rings is 2. The minimum Gasteiger partial charge on any atom is -0.369 e. The summed E-state index contributed by atoms with van der Waals surface area (Å²) in [4.78, 5) is 21.9. The van der Waals surface area contributed by atoms with Crippen LogP contribution in [0.4, 0.5) is 5.69 Å². The Kier molecular flexibility index (Phi) is 7.91. The van der Waals surface area contributed by atoms with E-state index in [2.05, 4.69) is 51.3 Å². The molecule has 1 aromatic heterocycles. The number of carbonyl (C=O) groups is 1. The van der Waals surface area contributed by atoms with Crippen LogP contribution in [0.15, 0.2) is 60.0 Å². The number of anilines is 1. The molecule has 2 aromatic carbocycles. The van der Waals surface area contributed by atoms with E-state index in [0.29, 0.717) is 6.42 Å². The Labute approximate surface area is 195 Å². The Morgan fingerprint density at radius 2 is 1.84 bits per heavy atom. The number of unbranched alkanes of at least 4 members (excludes halogenated alkanes) is 1. The average molecular weight is 449 g/mol. The van der Waals surface area contributed by atoms with Gasteiger partial charge in [-0.3, -0.25) is 9.69 Å². The van der Waals surface area contributed by atoms with E-state index in [0.717, 1.165) is 68.4 Å². The molecule has 0 atom stereocenters. The second-order valence-electron chi connectivity index (χ2n) is 8.41. The largest absolute Gasteiger partial charge is 0.369 e. The van der Waals surface area contributed by atoms with Crippen molar-refractivity contribution in [2.45, 2.75) is 26.2 Å². The molecular formula is C26H32N4OS. The summed E-state index contributed by atoms with van der Waals surface area (Å²) >= 11 is 1.59. The van der Waals surface area contributed by atoms with Crippen LogP contribution in [0.3, 0.4) is 0 Å². The Morgan fingerprint density at radius 3 is 2.62 bits per heavy atom. The quantitative estimate of drug-likeness (QED) is 0.494. The second-order valence-corrected chi connectivity index (χ2v) is 9.27. The lowest BCUT2D eigenvalue weighted by molar-refractivity contribution is -0.120. The summed E-state index contributed by atoms with van der Waals surface area (Å²) in [6, 6.07) is 18.9. The molecule has 2 heterocycles. The zero-order chi connectivity index (χ0) is 22.2. The average Bonchev–Trinajstić information content (AvgIpc) is 3.28.